The number of rotatable bonds is 6. The highest BCUT2D eigenvalue weighted by Crippen LogP contribution is 2.22. The minimum absolute atomic E-state index is 0.134. The van der Waals surface area contributed by atoms with Crippen molar-refractivity contribution in [1.29, 1.82) is 0 Å². The minimum atomic E-state index is 0.134. The van der Waals surface area contributed by atoms with Crippen molar-refractivity contribution in [3.8, 4) is 0 Å². The van der Waals surface area contributed by atoms with Gasteiger partial charge in [-0.3, -0.25) is 4.79 Å². The molecule has 1 nitrogen and oxygen atoms in total. The van der Waals surface area contributed by atoms with E-state index in [9.17, 15) is 4.79 Å². The molecule has 0 radical (unpaired) electrons. The molecule has 0 bridgehead atoms. The summed E-state index contributed by atoms with van der Waals surface area (Å²) in [5, 5.41) is 2.48. The van der Waals surface area contributed by atoms with Crippen LogP contribution in [0.1, 0.15) is 55.5 Å². The molecule has 0 N–H and O–H groups in total. The van der Waals surface area contributed by atoms with Crippen LogP contribution in [-0.2, 0) is 6.42 Å². The van der Waals surface area contributed by atoms with Gasteiger partial charge in [-0.05, 0) is 42.2 Å². The standard InChI is InChI=1S/C18H22O/c1-3-4-5-6-8-15-9-7-10-17-13-16(14(2)19)11-12-18(15)17/h7,9-13H,3-6,8H2,1-2H3. The largest absolute Gasteiger partial charge is 0.295 e. The molecular weight excluding hydrogens is 232 g/mol. The predicted molar refractivity (Wildman–Crippen MR) is 81.8 cm³/mol. The second kappa shape index (κ2) is 6.51. The van der Waals surface area contributed by atoms with Crippen LogP contribution in [0.3, 0.4) is 0 Å². The van der Waals surface area contributed by atoms with Crippen LogP contribution in [0.15, 0.2) is 36.4 Å². The summed E-state index contributed by atoms with van der Waals surface area (Å²) in [5.41, 5.74) is 2.21. The molecule has 19 heavy (non-hydrogen) atoms. The van der Waals surface area contributed by atoms with Crippen LogP contribution in [0.25, 0.3) is 10.8 Å². The fraction of sp³-hybridized carbons (Fsp3) is 0.389. The lowest BCUT2D eigenvalue weighted by atomic mass is 9.97. The first-order chi connectivity index (χ1) is 9.22. The SMILES string of the molecule is CCCCCCc1cccc2cc(C(C)=O)ccc12. The summed E-state index contributed by atoms with van der Waals surface area (Å²) in [7, 11) is 0. The average molecular weight is 254 g/mol. The van der Waals surface area contributed by atoms with Gasteiger partial charge in [0.1, 0.15) is 0 Å². The van der Waals surface area contributed by atoms with E-state index in [1.165, 1.54) is 42.0 Å². The van der Waals surface area contributed by atoms with E-state index in [2.05, 4.69) is 31.2 Å². The van der Waals surface area contributed by atoms with Crippen LogP contribution in [0.2, 0.25) is 0 Å². The fourth-order valence-corrected chi connectivity index (χ4v) is 2.53. The number of carbonyl (C=O) groups is 1. The van der Waals surface area contributed by atoms with Gasteiger partial charge in [0.05, 0.1) is 0 Å². The third kappa shape index (κ3) is 3.44. The molecule has 0 spiro atoms. The normalized spacial score (nSPS) is 10.8. The number of fused-ring (bicyclic) bond motifs is 1. The molecule has 1 heteroatoms. The zero-order valence-electron chi connectivity index (χ0n) is 11.9. The van der Waals surface area contributed by atoms with E-state index in [4.69, 9.17) is 0 Å². The third-order valence-corrected chi connectivity index (χ3v) is 3.68. The number of carbonyl (C=O) groups excluding carboxylic acids is 1. The molecule has 0 heterocycles. The van der Waals surface area contributed by atoms with Gasteiger partial charge in [0.15, 0.2) is 5.78 Å². The van der Waals surface area contributed by atoms with Crippen molar-refractivity contribution in [2.45, 2.75) is 46.0 Å². The molecule has 0 aliphatic heterocycles. The number of Topliss-reactive ketones (excluding diaryl/α,β-unsaturated/α-hetero) is 1. The second-order valence-corrected chi connectivity index (χ2v) is 5.22. The molecule has 0 saturated carbocycles. The van der Waals surface area contributed by atoms with Crippen molar-refractivity contribution in [3.05, 3.63) is 47.5 Å². The first-order valence-corrected chi connectivity index (χ1v) is 7.25. The van der Waals surface area contributed by atoms with Crippen LogP contribution >= 0.6 is 0 Å². The van der Waals surface area contributed by atoms with Crippen molar-refractivity contribution in [2.75, 3.05) is 0 Å². The molecule has 2 aromatic rings. The second-order valence-electron chi connectivity index (χ2n) is 5.22. The maximum Gasteiger partial charge on any atom is 0.159 e. The maximum atomic E-state index is 11.4. The van der Waals surface area contributed by atoms with Crippen molar-refractivity contribution < 1.29 is 4.79 Å². The Morgan fingerprint density at radius 2 is 1.89 bits per heavy atom. The Morgan fingerprint density at radius 3 is 2.63 bits per heavy atom. The van der Waals surface area contributed by atoms with Gasteiger partial charge < -0.3 is 0 Å². The van der Waals surface area contributed by atoms with Crippen molar-refractivity contribution in [2.24, 2.45) is 0 Å². The lowest BCUT2D eigenvalue weighted by Gasteiger charge is -2.07. The van der Waals surface area contributed by atoms with E-state index in [0.717, 1.165) is 12.0 Å². The highest BCUT2D eigenvalue weighted by atomic mass is 16.1. The number of hydrogen-bond acceptors (Lipinski definition) is 1. The summed E-state index contributed by atoms with van der Waals surface area (Å²) in [4.78, 5) is 11.4. The van der Waals surface area contributed by atoms with Gasteiger partial charge in [-0.25, -0.2) is 0 Å². The van der Waals surface area contributed by atoms with E-state index in [-0.39, 0.29) is 5.78 Å². The summed E-state index contributed by atoms with van der Waals surface area (Å²) >= 11 is 0. The Hall–Kier alpha value is -1.63. The first-order valence-electron chi connectivity index (χ1n) is 7.25. The monoisotopic (exact) mass is 254 g/mol. The van der Waals surface area contributed by atoms with Crippen LogP contribution in [0.5, 0.6) is 0 Å². The molecule has 0 amide bonds. The number of hydrogen-bond donors (Lipinski definition) is 0. The van der Waals surface area contributed by atoms with Crippen LogP contribution in [0.4, 0.5) is 0 Å². The Balaban J connectivity index is 2.22. The van der Waals surface area contributed by atoms with Crippen LogP contribution < -0.4 is 0 Å². The van der Waals surface area contributed by atoms with E-state index in [0.29, 0.717) is 0 Å². The highest BCUT2D eigenvalue weighted by molar-refractivity contribution is 5.99. The van der Waals surface area contributed by atoms with Gasteiger partial charge in [0.2, 0.25) is 0 Å². The van der Waals surface area contributed by atoms with E-state index in [1.54, 1.807) is 6.92 Å². The van der Waals surface area contributed by atoms with Gasteiger partial charge in [-0.2, -0.15) is 0 Å². The molecule has 0 unspecified atom stereocenters. The number of unbranched alkanes of at least 4 members (excludes halogenated alkanes) is 3. The molecule has 0 atom stereocenters. The number of benzene rings is 2. The topological polar surface area (TPSA) is 17.1 Å². The van der Waals surface area contributed by atoms with Crippen LogP contribution in [-0.4, -0.2) is 5.78 Å². The van der Waals surface area contributed by atoms with Gasteiger partial charge in [-0.1, -0.05) is 56.5 Å². The molecule has 2 rings (SSSR count). The quantitative estimate of drug-likeness (QED) is 0.513. The smallest absolute Gasteiger partial charge is 0.159 e. The van der Waals surface area contributed by atoms with Crippen LogP contribution in [0, 0.1) is 0 Å². The third-order valence-electron chi connectivity index (χ3n) is 3.68. The molecule has 0 fully saturated rings. The minimum Gasteiger partial charge on any atom is -0.295 e. The molecular formula is C18H22O. The average Bonchev–Trinajstić information content (AvgIpc) is 2.43. The molecule has 100 valence electrons. The van der Waals surface area contributed by atoms with E-state index in [1.807, 2.05) is 12.1 Å². The van der Waals surface area contributed by atoms with Gasteiger partial charge in [0.25, 0.3) is 0 Å². The van der Waals surface area contributed by atoms with E-state index < -0.39 is 0 Å². The lowest BCUT2D eigenvalue weighted by Crippen LogP contribution is -1.93. The molecule has 2 aromatic carbocycles. The van der Waals surface area contributed by atoms with Crippen molar-refractivity contribution in [1.82, 2.24) is 0 Å². The summed E-state index contributed by atoms with van der Waals surface area (Å²) < 4.78 is 0. The fourth-order valence-electron chi connectivity index (χ4n) is 2.53. The molecule has 0 aliphatic carbocycles. The van der Waals surface area contributed by atoms with Crippen molar-refractivity contribution >= 4 is 16.6 Å². The number of ketones is 1. The highest BCUT2D eigenvalue weighted by Gasteiger charge is 2.04. The summed E-state index contributed by atoms with van der Waals surface area (Å²) in [6.45, 7) is 3.86. The summed E-state index contributed by atoms with van der Waals surface area (Å²) in [5.74, 6) is 0.134. The Kier molecular flexibility index (Phi) is 4.73. The zero-order valence-corrected chi connectivity index (χ0v) is 11.9. The first kappa shape index (κ1) is 13.8. The number of aryl methyl sites for hydroxylation is 1. The predicted octanol–water partition coefficient (Wildman–Crippen LogP) is 5.17. The molecule has 0 aliphatic rings. The summed E-state index contributed by atoms with van der Waals surface area (Å²) in [6, 6.07) is 12.5. The Bertz CT molecular complexity index is 569. The maximum absolute atomic E-state index is 11.4. The molecule has 0 saturated heterocycles. The van der Waals surface area contributed by atoms with Gasteiger partial charge in [-0.15, -0.1) is 0 Å². The Labute approximate surface area is 115 Å². The van der Waals surface area contributed by atoms with Crippen molar-refractivity contribution in [3.63, 3.8) is 0 Å². The Morgan fingerprint density at radius 1 is 1.05 bits per heavy atom. The zero-order chi connectivity index (χ0) is 13.7. The lowest BCUT2D eigenvalue weighted by molar-refractivity contribution is 0.101. The van der Waals surface area contributed by atoms with E-state index >= 15 is 0 Å². The molecule has 0 aromatic heterocycles. The van der Waals surface area contributed by atoms with Gasteiger partial charge >= 0.3 is 0 Å². The summed E-state index contributed by atoms with van der Waals surface area (Å²) in [6.07, 6.45) is 6.29. The van der Waals surface area contributed by atoms with Gasteiger partial charge in [0, 0.05) is 5.56 Å².